The van der Waals surface area contributed by atoms with Crippen LogP contribution in [0.4, 0.5) is 4.39 Å². The average molecular weight is 499 g/mol. The van der Waals surface area contributed by atoms with E-state index in [1.807, 2.05) is 21.7 Å². The van der Waals surface area contributed by atoms with Crippen molar-refractivity contribution in [3.63, 3.8) is 0 Å². The SMILES string of the molecule is CN(C)C(=O)CC1CCN(C(=O)c2ccc3c(-c4ccc(Cl)c(F)c4)cn(C(C)(C)C)c3n2)CC1. The summed E-state index contributed by atoms with van der Waals surface area (Å²) in [5.41, 5.74) is 2.31. The summed E-state index contributed by atoms with van der Waals surface area (Å²) in [5, 5.41) is 0.924. The molecular weight excluding hydrogens is 467 g/mol. The number of amides is 2. The highest BCUT2D eigenvalue weighted by Gasteiger charge is 2.27. The normalized spacial score (nSPS) is 15.0. The van der Waals surface area contributed by atoms with Crippen molar-refractivity contribution in [1.29, 1.82) is 0 Å². The van der Waals surface area contributed by atoms with Gasteiger partial charge in [0.25, 0.3) is 5.91 Å². The van der Waals surface area contributed by atoms with Crippen LogP contribution in [0.1, 0.15) is 50.5 Å². The van der Waals surface area contributed by atoms with Crippen LogP contribution in [0.15, 0.2) is 36.5 Å². The van der Waals surface area contributed by atoms with Gasteiger partial charge in [0.15, 0.2) is 0 Å². The number of carbonyl (C=O) groups is 2. The highest BCUT2D eigenvalue weighted by Crippen LogP contribution is 2.35. The molecule has 2 aromatic heterocycles. The topological polar surface area (TPSA) is 58.4 Å². The first-order valence-electron chi connectivity index (χ1n) is 11.9. The number of hydrogen-bond donors (Lipinski definition) is 0. The zero-order valence-corrected chi connectivity index (χ0v) is 21.7. The van der Waals surface area contributed by atoms with Crippen molar-refractivity contribution < 1.29 is 14.0 Å². The van der Waals surface area contributed by atoms with Crippen LogP contribution in [0.25, 0.3) is 22.2 Å². The molecular formula is C27H32ClFN4O2. The summed E-state index contributed by atoms with van der Waals surface area (Å²) in [7, 11) is 3.54. The summed E-state index contributed by atoms with van der Waals surface area (Å²) >= 11 is 5.89. The summed E-state index contributed by atoms with van der Waals surface area (Å²) in [6.45, 7) is 7.41. The summed E-state index contributed by atoms with van der Waals surface area (Å²) in [5.74, 6) is -0.160. The molecule has 4 rings (SSSR count). The second-order valence-electron chi connectivity index (χ2n) is 10.5. The van der Waals surface area contributed by atoms with E-state index in [-0.39, 0.29) is 22.4 Å². The molecule has 0 atom stereocenters. The van der Waals surface area contributed by atoms with E-state index in [9.17, 15) is 14.0 Å². The second-order valence-corrected chi connectivity index (χ2v) is 10.9. The Morgan fingerprint density at radius 1 is 1.14 bits per heavy atom. The first-order chi connectivity index (χ1) is 16.5. The third kappa shape index (κ3) is 5.20. The first-order valence-corrected chi connectivity index (χ1v) is 12.3. The molecule has 3 aromatic rings. The number of benzene rings is 1. The van der Waals surface area contributed by atoms with Gasteiger partial charge in [-0.3, -0.25) is 9.59 Å². The molecule has 0 spiro atoms. The van der Waals surface area contributed by atoms with E-state index in [1.54, 1.807) is 37.2 Å². The van der Waals surface area contributed by atoms with Crippen molar-refractivity contribution in [3.8, 4) is 11.1 Å². The first kappa shape index (κ1) is 25.2. The van der Waals surface area contributed by atoms with Gasteiger partial charge < -0.3 is 14.4 Å². The van der Waals surface area contributed by atoms with Crippen LogP contribution in [0.5, 0.6) is 0 Å². The van der Waals surface area contributed by atoms with Gasteiger partial charge in [-0.15, -0.1) is 0 Å². The summed E-state index contributed by atoms with van der Waals surface area (Å²) in [6, 6.07) is 8.40. The number of likely N-dealkylation sites (tertiary alicyclic amines) is 1. The number of aromatic nitrogens is 2. The largest absolute Gasteiger partial charge is 0.349 e. The molecule has 3 heterocycles. The van der Waals surface area contributed by atoms with Gasteiger partial charge in [-0.05, 0) is 69.4 Å². The number of nitrogens with zero attached hydrogens (tertiary/aromatic N) is 4. The molecule has 0 N–H and O–H groups in total. The molecule has 0 aliphatic carbocycles. The van der Waals surface area contributed by atoms with Crippen molar-refractivity contribution in [1.82, 2.24) is 19.4 Å². The van der Waals surface area contributed by atoms with Gasteiger partial charge in [0.1, 0.15) is 17.2 Å². The Morgan fingerprint density at radius 3 is 2.43 bits per heavy atom. The van der Waals surface area contributed by atoms with E-state index in [4.69, 9.17) is 16.6 Å². The maximum Gasteiger partial charge on any atom is 0.272 e. The third-order valence-electron chi connectivity index (χ3n) is 6.69. The van der Waals surface area contributed by atoms with Crippen LogP contribution in [0.3, 0.4) is 0 Å². The molecule has 1 aromatic carbocycles. The predicted octanol–water partition coefficient (Wildman–Crippen LogP) is 5.58. The van der Waals surface area contributed by atoms with Crippen molar-refractivity contribution >= 4 is 34.4 Å². The highest BCUT2D eigenvalue weighted by atomic mass is 35.5. The fourth-order valence-electron chi connectivity index (χ4n) is 4.56. The third-order valence-corrected chi connectivity index (χ3v) is 6.99. The zero-order valence-electron chi connectivity index (χ0n) is 20.9. The van der Waals surface area contributed by atoms with Crippen molar-refractivity contribution in [3.05, 3.63) is 53.1 Å². The number of carbonyl (C=O) groups excluding carboxylic acids is 2. The molecule has 0 saturated carbocycles. The zero-order chi connectivity index (χ0) is 25.5. The molecule has 1 fully saturated rings. The fourth-order valence-corrected chi connectivity index (χ4v) is 4.68. The highest BCUT2D eigenvalue weighted by molar-refractivity contribution is 6.30. The summed E-state index contributed by atoms with van der Waals surface area (Å²) in [4.78, 5) is 33.6. The molecule has 1 aliphatic heterocycles. The number of halogens is 2. The fraction of sp³-hybridized carbons (Fsp3) is 0.444. The minimum atomic E-state index is -0.476. The number of pyridine rings is 1. The standard InChI is InChI=1S/C27H32ClFN4O2/c1-27(2,3)33-16-20(18-6-8-21(28)22(29)15-18)19-7-9-23(30-25(19)33)26(35)32-12-10-17(11-13-32)14-24(34)31(4)5/h6-9,15-17H,10-14H2,1-5H3. The van der Waals surface area contributed by atoms with Crippen LogP contribution in [-0.4, -0.2) is 58.4 Å². The molecule has 1 saturated heterocycles. The van der Waals surface area contributed by atoms with Gasteiger partial charge in [-0.2, -0.15) is 0 Å². The molecule has 35 heavy (non-hydrogen) atoms. The van der Waals surface area contributed by atoms with E-state index in [2.05, 4.69) is 20.8 Å². The molecule has 186 valence electrons. The van der Waals surface area contributed by atoms with Crippen LogP contribution in [-0.2, 0) is 10.3 Å². The number of fused-ring (bicyclic) bond motifs is 1. The Bertz CT molecular complexity index is 1270. The van der Waals surface area contributed by atoms with E-state index in [1.165, 1.54) is 6.07 Å². The Morgan fingerprint density at radius 2 is 1.83 bits per heavy atom. The lowest BCUT2D eigenvalue weighted by Gasteiger charge is -2.32. The minimum absolute atomic E-state index is 0.0779. The van der Waals surface area contributed by atoms with Gasteiger partial charge >= 0.3 is 0 Å². The maximum atomic E-state index is 14.2. The van der Waals surface area contributed by atoms with E-state index >= 15 is 0 Å². The molecule has 8 heteroatoms. The smallest absolute Gasteiger partial charge is 0.272 e. The number of hydrogen-bond acceptors (Lipinski definition) is 3. The maximum absolute atomic E-state index is 14.2. The Kier molecular flexibility index (Phi) is 6.91. The van der Waals surface area contributed by atoms with Gasteiger partial charge in [-0.1, -0.05) is 17.7 Å². The van der Waals surface area contributed by atoms with Crippen LogP contribution in [0, 0.1) is 11.7 Å². The van der Waals surface area contributed by atoms with Crippen molar-refractivity contribution in [2.24, 2.45) is 5.92 Å². The quantitative estimate of drug-likeness (QED) is 0.471. The lowest BCUT2D eigenvalue weighted by atomic mass is 9.93. The Hall–Kier alpha value is -2.93. The second kappa shape index (κ2) is 9.61. The molecule has 0 unspecified atom stereocenters. The van der Waals surface area contributed by atoms with Gasteiger partial charge in [0, 0.05) is 56.3 Å². The lowest BCUT2D eigenvalue weighted by Crippen LogP contribution is -2.40. The van der Waals surface area contributed by atoms with Crippen LogP contribution in [0.2, 0.25) is 5.02 Å². The van der Waals surface area contributed by atoms with Gasteiger partial charge in [0.05, 0.1) is 5.02 Å². The molecule has 1 aliphatic rings. The minimum Gasteiger partial charge on any atom is -0.349 e. The Labute approximate surface area is 210 Å². The van der Waals surface area contributed by atoms with E-state index < -0.39 is 5.82 Å². The average Bonchev–Trinajstić information content (AvgIpc) is 3.20. The molecule has 0 bridgehead atoms. The lowest BCUT2D eigenvalue weighted by molar-refractivity contribution is -0.129. The summed E-state index contributed by atoms with van der Waals surface area (Å²) < 4.78 is 16.2. The van der Waals surface area contributed by atoms with Gasteiger partial charge in [0.2, 0.25) is 5.91 Å². The van der Waals surface area contributed by atoms with Crippen LogP contribution >= 0.6 is 11.6 Å². The van der Waals surface area contributed by atoms with Crippen molar-refractivity contribution in [2.45, 2.75) is 45.6 Å². The van der Waals surface area contributed by atoms with E-state index in [0.29, 0.717) is 42.3 Å². The van der Waals surface area contributed by atoms with Crippen molar-refractivity contribution in [2.75, 3.05) is 27.2 Å². The molecule has 0 radical (unpaired) electrons. The van der Waals surface area contributed by atoms with Gasteiger partial charge in [-0.25, -0.2) is 9.37 Å². The van der Waals surface area contributed by atoms with E-state index in [0.717, 1.165) is 23.8 Å². The summed E-state index contributed by atoms with van der Waals surface area (Å²) in [6.07, 6.45) is 4.09. The monoisotopic (exact) mass is 498 g/mol. The molecule has 2 amide bonds. The predicted molar refractivity (Wildman–Crippen MR) is 137 cm³/mol. The Balaban J connectivity index is 1.62. The number of rotatable bonds is 4. The number of piperidine rings is 1. The van der Waals surface area contributed by atoms with Crippen LogP contribution < -0.4 is 0 Å². The molecule has 6 nitrogen and oxygen atoms in total.